The summed E-state index contributed by atoms with van der Waals surface area (Å²) in [4.78, 5) is 53.9. The monoisotopic (exact) mass is 437 g/mol. The molecule has 6 heteroatoms. The van der Waals surface area contributed by atoms with Crippen LogP contribution < -0.4 is 4.90 Å². The summed E-state index contributed by atoms with van der Waals surface area (Å²) < 4.78 is 4.79. The molecule has 0 spiro atoms. The quantitative estimate of drug-likeness (QED) is 0.357. The summed E-state index contributed by atoms with van der Waals surface area (Å²) in [5.74, 6) is -3.21. The molecule has 1 aliphatic heterocycles. The lowest BCUT2D eigenvalue weighted by atomic mass is 9.48. The second-order valence-corrected chi connectivity index (χ2v) is 8.70. The highest BCUT2D eigenvalue weighted by Crippen LogP contribution is 2.63. The van der Waals surface area contributed by atoms with E-state index in [1.165, 1.54) is 13.2 Å². The van der Waals surface area contributed by atoms with Crippen molar-refractivity contribution in [3.05, 3.63) is 101 Å². The number of benzene rings is 3. The van der Waals surface area contributed by atoms with Crippen molar-refractivity contribution in [3.63, 3.8) is 0 Å². The molecule has 1 heterocycles. The van der Waals surface area contributed by atoms with Crippen LogP contribution in [0.2, 0.25) is 0 Å². The number of ether oxygens (including phenoxy) is 1. The van der Waals surface area contributed by atoms with Gasteiger partial charge in [-0.3, -0.25) is 9.59 Å². The van der Waals surface area contributed by atoms with E-state index in [0.29, 0.717) is 5.69 Å². The Balaban J connectivity index is 1.58. The Kier molecular flexibility index (Phi) is 3.99. The highest BCUT2D eigenvalue weighted by atomic mass is 16.5. The van der Waals surface area contributed by atoms with Crippen LogP contribution in [0, 0.1) is 11.8 Å². The van der Waals surface area contributed by atoms with Crippen LogP contribution >= 0.6 is 0 Å². The van der Waals surface area contributed by atoms with E-state index in [4.69, 9.17) is 4.74 Å². The Bertz CT molecular complexity index is 1330. The van der Waals surface area contributed by atoms with Gasteiger partial charge in [0, 0.05) is 5.92 Å². The van der Waals surface area contributed by atoms with Gasteiger partial charge in [0.25, 0.3) is 0 Å². The van der Waals surface area contributed by atoms with Gasteiger partial charge in [-0.25, -0.2) is 9.69 Å². The van der Waals surface area contributed by atoms with Crippen molar-refractivity contribution in [1.29, 1.82) is 0 Å². The first-order chi connectivity index (χ1) is 16.0. The average molecular weight is 437 g/mol. The maximum atomic E-state index is 13.9. The second kappa shape index (κ2) is 6.72. The molecule has 3 aromatic rings. The van der Waals surface area contributed by atoms with Crippen molar-refractivity contribution in [2.45, 2.75) is 11.3 Å². The Labute approximate surface area is 189 Å². The van der Waals surface area contributed by atoms with Crippen molar-refractivity contribution < 1.29 is 23.9 Å². The number of aldehydes is 1. The fourth-order valence-electron chi connectivity index (χ4n) is 6.17. The van der Waals surface area contributed by atoms with E-state index in [9.17, 15) is 19.2 Å². The summed E-state index contributed by atoms with van der Waals surface area (Å²) >= 11 is 0. The average Bonchev–Trinajstić information content (AvgIpc) is 3.14. The summed E-state index contributed by atoms with van der Waals surface area (Å²) in [6.07, 6.45) is 0.845. The van der Waals surface area contributed by atoms with Crippen LogP contribution in [0.4, 0.5) is 5.69 Å². The van der Waals surface area contributed by atoms with Crippen LogP contribution in [0.15, 0.2) is 72.8 Å². The molecule has 2 amide bonds. The van der Waals surface area contributed by atoms with Gasteiger partial charge in [-0.1, -0.05) is 54.6 Å². The maximum Gasteiger partial charge on any atom is 0.337 e. The molecule has 6 nitrogen and oxygen atoms in total. The van der Waals surface area contributed by atoms with Crippen molar-refractivity contribution in [2.75, 3.05) is 12.0 Å². The molecule has 0 saturated carbocycles. The topological polar surface area (TPSA) is 80.8 Å². The zero-order valence-electron chi connectivity index (χ0n) is 17.7. The molecule has 0 radical (unpaired) electrons. The summed E-state index contributed by atoms with van der Waals surface area (Å²) in [6.45, 7) is 0. The second-order valence-electron chi connectivity index (χ2n) is 8.70. The molecule has 2 bridgehead atoms. The van der Waals surface area contributed by atoms with E-state index >= 15 is 0 Å². The molecular weight excluding hydrogens is 418 g/mol. The Morgan fingerprint density at radius 3 is 2.15 bits per heavy atom. The first kappa shape index (κ1) is 19.6. The molecule has 0 N–H and O–H groups in total. The van der Waals surface area contributed by atoms with Gasteiger partial charge in [0.1, 0.15) is 6.29 Å². The number of amides is 2. The lowest BCUT2D eigenvalue weighted by Gasteiger charge is -2.51. The van der Waals surface area contributed by atoms with Crippen LogP contribution in [-0.2, 0) is 24.5 Å². The smallest absolute Gasteiger partial charge is 0.337 e. The number of esters is 1. The van der Waals surface area contributed by atoms with Crippen LogP contribution in [0.1, 0.15) is 38.5 Å². The fourth-order valence-corrected chi connectivity index (χ4v) is 6.17. The Hall–Kier alpha value is -4.06. The van der Waals surface area contributed by atoms with Gasteiger partial charge in [-0.05, 0) is 40.5 Å². The van der Waals surface area contributed by atoms with E-state index in [1.54, 1.807) is 18.2 Å². The molecule has 1 fully saturated rings. The number of carbonyl (C=O) groups is 4. The van der Waals surface area contributed by atoms with Crippen LogP contribution in [-0.4, -0.2) is 31.2 Å². The highest BCUT2D eigenvalue weighted by molar-refractivity contribution is 6.25. The number of methoxy groups -OCH3 is 1. The minimum atomic E-state index is -1.24. The largest absolute Gasteiger partial charge is 0.465 e. The lowest BCUT2D eigenvalue weighted by molar-refractivity contribution is -0.128. The van der Waals surface area contributed by atoms with E-state index in [2.05, 4.69) is 0 Å². The molecule has 162 valence electrons. The van der Waals surface area contributed by atoms with Gasteiger partial charge in [0.2, 0.25) is 11.8 Å². The van der Waals surface area contributed by atoms with Gasteiger partial charge in [0.15, 0.2) is 0 Å². The number of hydrogen-bond acceptors (Lipinski definition) is 5. The summed E-state index contributed by atoms with van der Waals surface area (Å²) in [6, 6.07) is 21.5. The van der Waals surface area contributed by atoms with Gasteiger partial charge >= 0.3 is 5.97 Å². The van der Waals surface area contributed by atoms with Crippen molar-refractivity contribution in [3.8, 4) is 0 Å². The Morgan fingerprint density at radius 2 is 1.55 bits per heavy atom. The van der Waals surface area contributed by atoms with Gasteiger partial charge in [0.05, 0.1) is 35.6 Å². The van der Waals surface area contributed by atoms with E-state index < -0.39 is 29.1 Å². The summed E-state index contributed by atoms with van der Waals surface area (Å²) in [5.41, 5.74) is 2.70. The van der Waals surface area contributed by atoms with E-state index in [-0.39, 0.29) is 17.4 Å². The van der Waals surface area contributed by atoms with Gasteiger partial charge in [-0.15, -0.1) is 0 Å². The third-order valence-corrected chi connectivity index (χ3v) is 7.40. The lowest BCUT2D eigenvalue weighted by Crippen LogP contribution is -2.54. The van der Waals surface area contributed by atoms with Crippen LogP contribution in [0.3, 0.4) is 0 Å². The van der Waals surface area contributed by atoms with Crippen molar-refractivity contribution >= 4 is 29.8 Å². The molecule has 4 aliphatic rings. The fraction of sp³-hybridized carbons (Fsp3) is 0.185. The predicted molar refractivity (Wildman–Crippen MR) is 119 cm³/mol. The predicted octanol–water partition coefficient (Wildman–Crippen LogP) is 3.22. The zero-order chi connectivity index (χ0) is 22.9. The maximum absolute atomic E-state index is 13.9. The van der Waals surface area contributed by atoms with Gasteiger partial charge in [-0.2, -0.15) is 0 Å². The first-order valence-corrected chi connectivity index (χ1v) is 10.8. The molecule has 33 heavy (non-hydrogen) atoms. The molecule has 3 aliphatic carbocycles. The number of hydrogen-bond donors (Lipinski definition) is 0. The molecule has 3 aromatic carbocycles. The van der Waals surface area contributed by atoms with Crippen molar-refractivity contribution in [2.24, 2.45) is 11.8 Å². The molecular formula is C27H19NO5. The molecule has 1 saturated heterocycles. The van der Waals surface area contributed by atoms with Crippen LogP contribution in [0.25, 0.3) is 0 Å². The molecule has 0 aromatic heterocycles. The number of anilines is 1. The zero-order valence-corrected chi connectivity index (χ0v) is 17.7. The molecule has 2 atom stereocenters. The van der Waals surface area contributed by atoms with E-state index in [1.807, 2.05) is 48.5 Å². The van der Waals surface area contributed by atoms with E-state index in [0.717, 1.165) is 33.4 Å². The number of imide groups is 1. The molecule has 0 unspecified atom stereocenters. The number of nitrogens with zero attached hydrogens (tertiary/aromatic N) is 1. The minimum Gasteiger partial charge on any atom is -0.465 e. The standard InChI is InChI=1S/C27H19NO5/c1-33-26(32)15-7-6-8-16(13-15)28-24(30)22-21-17-9-2-4-11-19(17)27(14-29,23(22)25(28)31)20-12-5-3-10-18(20)21/h2-14,21-23H,1H3/t21?,22-,23-,27?/m1/s1. The minimum absolute atomic E-state index is 0.241. The first-order valence-electron chi connectivity index (χ1n) is 10.8. The number of carbonyl (C=O) groups excluding carboxylic acids is 4. The normalized spacial score (nSPS) is 26.5. The third kappa shape index (κ3) is 2.27. The Morgan fingerprint density at radius 1 is 0.909 bits per heavy atom. The van der Waals surface area contributed by atoms with Crippen molar-refractivity contribution in [1.82, 2.24) is 0 Å². The number of rotatable bonds is 3. The third-order valence-electron chi connectivity index (χ3n) is 7.40. The molecule has 7 rings (SSSR count). The summed E-state index contributed by atoms with van der Waals surface area (Å²) in [5, 5.41) is 0. The summed E-state index contributed by atoms with van der Waals surface area (Å²) in [7, 11) is 1.27. The van der Waals surface area contributed by atoms with Crippen LogP contribution in [0.5, 0.6) is 0 Å². The van der Waals surface area contributed by atoms with Gasteiger partial charge < -0.3 is 9.53 Å². The SMILES string of the molecule is COC(=O)c1cccc(N2C(=O)[C@@H]3C4c5ccccc5C(C=O)(c5ccccc54)[C@H]3C2=O)c1. The highest BCUT2D eigenvalue weighted by Gasteiger charge is 2.68.